The molecule has 1 nitrogen and oxygen atoms in total. The predicted octanol–water partition coefficient (Wildman–Crippen LogP) is 5.35. The molecule has 2 aromatic rings. The van der Waals surface area contributed by atoms with Crippen LogP contribution in [-0.2, 0) is 0 Å². The first-order chi connectivity index (χ1) is 10.0. The van der Waals surface area contributed by atoms with Crippen molar-refractivity contribution >= 4 is 11.6 Å². The highest BCUT2D eigenvalue weighted by Gasteiger charge is 2.18. The maximum atomic E-state index is 6.51. The molecule has 0 aromatic heterocycles. The van der Waals surface area contributed by atoms with Crippen molar-refractivity contribution in [1.82, 2.24) is 5.32 Å². The highest BCUT2D eigenvalue weighted by molar-refractivity contribution is 6.31. The molecule has 2 aromatic carbocycles. The number of hydrogen-bond acceptors (Lipinski definition) is 1. The van der Waals surface area contributed by atoms with Crippen LogP contribution in [0.4, 0.5) is 0 Å². The Morgan fingerprint density at radius 3 is 2.29 bits per heavy atom. The highest BCUT2D eigenvalue weighted by Crippen LogP contribution is 2.31. The molecular formula is C19H24ClN. The smallest absolute Gasteiger partial charge is 0.0594 e. The van der Waals surface area contributed by atoms with Crippen LogP contribution in [0.15, 0.2) is 36.4 Å². The lowest BCUT2D eigenvalue weighted by molar-refractivity contribution is 0.596. The molecule has 0 saturated heterocycles. The van der Waals surface area contributed by atoms with Crippen molar-refractivity contribution in [3.05, 3.63) is 69.2 Å². The molecule has 2 rings (SSSR count). The van der Waals surface area contributed by atoms with Crippen molar-refractivity contribution in [1.29, 1.82) is 0 Å². The van der Waals surface area contributed by atoms with Gasteiger partial charge in [-0.15, -0.1) is 0 Å². The van der Waals surface area contributed by atoms with Gasteiger partial charge in [0.15, 0.2) is 0 Å². The molecule has 112 valence electrons. The van der Waals surface area contributed by atoms with Crippen molar-refractivity contribution in [3.8, 4) is 0 Å². The van der Waals surface area contributed by atoms with E-state index in [2.05, 4.69) is 63.3 Å². The number of benzene rings is 2. The Kier molecular flexibility index (Phi) is 5.44. The Bertz CT molecular complexity index is 619. The van der Waals surface area contributed by atoms with Crippen LogP contribution in [0.25, 0.3) is 0 Å². The van der Waals surface area contributed by atoms with Gasteiger partial charge in [-0.1, -0.05) is 54.4 Å². The molecule has 1 atom stereocenters. The average Bonchev–Trinajstić information content (AvgIpc) is 2.44. The monoisotopic (exact) mass is 301 g/mol. The first-order valence-electron chi connectivity index (χ1n) is 7.59. The van der Waals surface area contributed by atoms with Crippen molar-refractivity contribution in [3.63, 3.8) is 0 Å². The second-order valence-corrected chi connectivity index (χ2v) is 6.18. The van der Waals surface area contributed by atoms with E-state index >= 15 is 0 Å². The normalized spacial score (nSPS) is 12.4. The van der Waals surface area contributed by atoms with Gasteiger partial charge in [-0.3, -0.25) is 0 Å². The zero-order chi connectivity index (χ0) is 15.4. The van der Waals surface area contributed by atoms with Gasteiger partial charge in [-0.25, -0.2) is 0 Å². The van der Waals surface area contributed by atoms with Crippen LogP contribution in [0.2, 0.25) is 5.02 Å². The fraction of sp³-hybridized carbons (Fsp3) is 0.368. The fourth-order valence-corrected chi connectivity index (χ4v) is 2.96. The summed E-state index contributed by atoms with van der Waals surface area (Å²) in [6.07, 6.45) is 1.10. The fourth-order valence-electron chi connectivity index (χ4n) is 2.61. The standard InChI is InChI=1S/C19H24ClN/c1-5-10-21-19(16-9-7-14(3)12-18(16)20)17-11-13(2)6-8-15(17)4/h6-9,11-12,19,21H,5,10H2,1-4H3. The van der Waals surface area contributed by atoms with E-state index in [0.29, 0.717) is 0 Å². The van der Waals surface area contributed by atoms with Crippen LogP contribution in [0, 0.1) is 20.8 Å². The van der Waals surface area contributed by atoms with Crippen molar-refractivity contribution in [2.24, 2.45) is 0 Å². The summed E-state index contributed by atoms with van der Waals surface area (Å²) in [4.78, 5) is 0. The molecular weight excluding hydrogens is 278 g/mol. The van der Waals surface area contributed by atoms with E-state index in [1.54, 1.807) is 0 Å². The number of rotatable bonds is 5. The van der Waals surface area contributed by atoms with Crippen LogP contribution in [-0.4, -0.2) is 6.54 Å². The Morgan fingerprint density at radius 1 is 0.952 bits per heavy atom. The number of hydrogen-bond donors (Lipinski definition) is 1. The Morgan fingerprint density at radius 2 is 1.62 bits per heavy atom. The molecule has 0 heterocycles. The lowest BCUT2D eigenvalue weighted by Crippen LogP contribution is -2.24. The van der Waals surface area contributed by atoms with E-state index in [9.17, 15) is 0 Å². The van der Waals surface area contributed by atoms with Crippen LogP contribution < -0.4 is 5.32 Å². The van der Waals surface area contributed by atoms with E-state index in [1.807, 2.05) is 6.07 Å². The summed E-state index contributed by atoms with van der Waals surface area (Å²) in [6, 6.07) is 13.1. The van der Waals surface area contributed by atoms with E-state index in [1.165, 1.54) is 22.3 Å². The summed E-state index contributed by atoms with van der Waals surface area (Å²) >= 11 is 6.51. The molecule has 0 bridgehead atoms. The first-order valence-corrected chi connectivity index (χ1v) is 7.97. The third kappa shape index (κ3) is 3.87. The van der Waals surface area contributed by atoms with Gasteiger partial charge in [0.2, 0.25) is 0 Å². The zero-order valence-corrected chi connectivity index (χ0v) is 14.1. The quantitative estimate of drug-likeness (QED) is 0.784. The van der Waals surface area contributed by atoms with E-state index in [0.717, 1.165) is 23.6 Å². The Balaban J connectivity index is 2.49. The van der Waals surface area contributed by atoms with Gasteiger partial charge in [0.25, 0.3) is 0 Å². The third-order valence-electron chi connectivity index (χ3n) is 3.81. The van der Waals surface area contributed by atoms with Crippen LogP contribution in [0.3, 0.4) is 0 Å². The summed E-state index contributed by atoms with van der Waals surface area (Å²) in [5, 5.41) is 4.48. The molecule has 2 heteroatoms. The van der Waals surface area contributed by atoms with Crippen LogP contribution >= 0.6 is 11.6 Å². The maximum Gasteiger partial charge on any atom is 0.0594 e. The van der Waals surface area contributed by atoms with E-state index < -0.39 is 0 Å². The van der Waals surface area contributed by atoms with Crippen LogP contribution in [0.1, 0.15) is 47.2 Å². The minimum absolute atomic E-state index is 0.151. The summed E-state index contributed by atoms with van der Waals surface area (Å²) in [7, 11) is 0. The van der Waals surface area contributed by atoms with Crippen molar-refractivity contribution in [2.75, 3.05) is 6.54 Å². The molecule has 0 fully saturated rings. The third-order valence-corrected chi connectivity index (χ3v) is 4.14. The van der Waals surface area contributed by atoms with E-state index in [4.69, 9.17) is 11.6 Å². The van der Waals surface area contributed by atoms with Crippen molar-refractivity contribution in [2.45, 2.75) is 40.2 Å². The minimum Gasteiger partial charge on any atom is -0.306 e. The average molecular weight is 302 g/mol. The van der Waals surface area contributed by atoms with Gasteiger partial charge in [-0.2, -0.15) is 0 Å². The van der Waals surface area contributed by atoms with Crippen LogP contribution in [0.5, 0.6) is 0 Å². The minimum atomic E-state index is 0.151. The molecule has 0 aliphatic carbocycles. The predicted molar refractivity (Wildman–Crippen MR) is 92.2 cm³/mol. The number of nitrogens with one attached hydrogen (secondary N) is 1. The second kappa shape index (κ2) is 7.11. The molecule has 1 N–H and O–H groups in total. The van der Waals surface area contributed by atoms with Crippen molar-refractivity contribution < 1.29 is 0 Å². The topological polar surface area (TPSA) is 12.0 Å². The lowest BCUT2D eigenvalue weighted by Gasteiger charge is -2.23. The second-order valence-electron chi connectivity index (χ2n) is 5.77. The highest BCUT2D eigenvalue weighted by atomic mass is 35.5. The van der Waals surface area contributed by atoms with E-state index in [-0.39, 0.29) is 6.04 Å². The molecule has 0 radical (unpaired) electrons. The molecule has 1 unspecified atom stereocenters. The maximum absolute atomic E-state index is 6.51. The SMILES string of the molecule is CCCNC(c1cc(C)ccc1C)c1ccc(C)cc1Cl. The van der Waals surface area contributed by atoms with Gasteiger partial charge in [0.1, 0.15) is 0 Å². The molecule has 0 aliphatic rings. The van der Waals surface area contributed by atoms with Gasteiger partial charge in [0, 0.05) is 5.02 Å². The van der Waals surface area contributed by atoms with Gasteiger partial charge < -0.3 is 5.32 Å². The van der Waals surface area contributed by atoms with Gasteiger partial charge >= 0.3 is 0 Å². The summed E-state index contributed by atoms with van der Waals surface area (Å²) in [5.74, 6) is 0. The Hall–Kier alpha value is -1.31. The molecule has 0 aliphatic heterocycles. The summed E-state index contributed by atoms with van der Waals surface area (Å²) in [5.41, 5.74) is 6.24. The molecule has 0 saturated carbocycles. The van der Waals surface area contributed by atoms with Gasteiger partial charge in [0.05, 0.1) is 6.04 Å². The molecule has 0 amide bonds. The molecule has 21 heavy (non-hydrogen) atoms. The largest absolute Gasteiger partial charge is 0.306 e. The summed E-state index contributed by atoms with van der Waals surface area (Å²) < 4.78 is 0. The Labute approximate surface area is 133 Å². The molecule has 0 spiro atoms. The summed E-state index contributed by atoms with van der Waals surface area (Å²) in [6.45, 7) is 9.53. The number of halogens is 1. The lowest BCUT2D eigenvalue weighted by atomic mass is 9.93. The number of aryl methyl sites for hydroxylation is 3. The van der Waals surface area contributed by atoms with Gasteiger partial charge in [-0.05, 0) is 62.1 Å². The first kappa shape index (κ1) is 16.1. The zero-order valence-electron chi connectivity index (χ0n) is 13.3.